The summed E-state index contributed by atoms with van der Waals surface area (Å²) >= 11 is 0. The summed E-state index contributed by atoms with van der Waals surface area (Å²) in [6.07, 6.45) is 0.832. The second-order valence-electron chi connectivity index (χ2n) is 4.05. The van der Waals surface area contributed by atoms with Crippen molar-refractivity contribution in [3.8, 4) is 11.5 Å². The van der Waals surface area contributed by atoms with Gasteiger partial charge in [-0.3, -0.25) is 14.9 Å². The SMILES string of the molecule is O=C(O)CCCc1nnc(-c2ccc([N+](=O)[O-])cc2)o1. The number of aryl methyl sites for hydroxylation is 1. The summed E-state index contributed by atoms with van der Waals surface area (Å²) < 4.78 is 5.37. The molecule has 0 bridgehead atoms. The highest BCUT2D eigenvalue weighted by atomic mass is 16.6. The molecule has 1 aromatic heterocycles. The molecular formula is C12H11N3O5. The zero-order valence-electron chi connectivity index (χ0n) is 10.4. The van der Waals surface area contributed by atoms with Crippen LogP contribution in [0.4, 0.5) is 5.69 Å². The molecule has 104 valence electrons. The van der Waals surface area contributed by atoms with Crippen molar-refractivity contribution in [3.63, 3.8) is 0 Å². The maximum atomic E-state index is 10.5. The van der Waals surface area contributed by atoms with Gasteiger partial charge in [0, 0.05) is 30.5 Å². The first-order chi connectivity index (χ1) is 9.56. The van der Waals surface area contributed by atoms with Gasteiger partial charge < -0.3 is 9.52 Å². The van der Waals surface area contributed by atoms with Gasteiger partial charge in [-0.05, 0) is 18.6 Å². The first-order valence-electron chi connectivity index (χ1n) is 5.85. The Morgan fingerprint density at radius 2 is 2.00 bits per heavy atom. The van der Waals surface area contributed by atoms with Crippen molar-refractivity contribution in [3.05, 3.63) is 40.3 Å². The van der Waals surface area contributed by atoms with Crippen LogP contribution >= 0.6 is 0 Å². The van der Waals surface area contributed by atoms with Gasteiger partial charge in [0.05, 0.1) is 4.92 Å². The van der Waals surface area contributed by atoms with Crippen LogP contribution in [0.5, 0.6) is 0 Å². The summed E-state index contributed by atoms with van der Waals surface area (Å²) in [6.45, 7) is 0. The Kier molecular flexibility index (Phi) is 4.04. The molecule has 20 heavy (non-hydrogen) atoms. The molecule has 0 atom stereocenters. The number of carboxylic acid groups (broad SMARTS) is 1. The fourth-order valence-corrected chi connectivity index (χ4v) is 1.59. The number of benzene rings is 1. The number of aromatic nitrogens is 2. The van der Waals surface area contributed by atoms with E-state index in [4.69, 9.17) is 9.52 Å². The standard InChI is InChI=1S/C12H11N3O5/c16-11(17)3-1-2-10-13-14-12(20-10)8-4-6-9(7-5-8)15(18)19/h4-7H,1-3H2,(H,16,17). The number of nitrogens with zero attached hydrogens (tertiary/aromatic N) is 3. The number of nitro groups is 1. The lowest BCUT2D eigenvalue weighted by Gasteiger charge is -1.95. The highest BCUT2D eigenvalue weighted by molar-refractivity contribution is 5.66. The topological polar surface area (TPSA) is 119 Å². The molecule has 8 nitrogen and oxygen atoms in total. The van der Waals surface area contributed by atoms with Crippen LogP contribution < -0.4 is 0 Å². The third-order valence-electron chi connectivity index (χ3n) is 2.57. The van der Waals surface area contributed by atoms with Gasteiger partial charge in [-0.25, -0.2) is 0 Å². The smallest absolute Gasteiger partial charge is 0.303 e. The lowest BCUT2D eigenvalue weighted by molar-refractivity contribution is -0.384. The van der Waals surface area contributed by atoms with E-state index in [2.05, 4.69) is 10.2 Å². The minimum absolute atomic E-state index is 0.0186. The second-order valence-corrected chi connectivity index (χ2v) is 4.05. The van der Waals surface area contributed by atoms with Crippen LogP contribution in [0.1, 0.15) is 18.7 Å². The minimum atomic E-state index is -0.875. The average molecular weight is 277 g/mol. The molecule has 2 aromatic rings. The summed E-state index contributed by atoms with van der Waals surface area (Å²) in [6, 6.07) is 5.74. The number of carbonyl (C=O) groups is 1. The van der Waals surface area contributed by atoms with Crippen LogP contribution in [0.2, 0.25) is 0 Å². The van der Waals surface area contributed by atoms with Crippen LogP contribution in [0.25, 0.3) is 11.5 Å². The molecule has 0 amide bonds. The zero-order chi connectivity index (χ0) is 14.5. The Hall–Kier alpha value is -2.77. The third-order valence-corrected chi connectivity index (χ3v) is 2.57. The summed E-state index contributed by atoms with van der Waals surface area (Å²) in [5.41, 5.74) is 0.558. The molecule has 0 unspecified atom stereocenters. The number of rotatable bonds is 6. The number of aliphatic carboxylic acids is 1. The van der Waals surface area contributed by atoms with Gasteiger partial charge in [0.25, 0.3) is 5.69 Å². The predicted molar refractivity (Wildman–Crippen MR) is 67.0 cm³/mol. The Labute approximate surface area is 113 Å². The number of carboxylic acids is 1. The van der Waals surface area contributed by atoms with E-state index >= 15 is 0 Å². The first kappa shape index (κ1) is 13.7. The largest absolute Gasteiger partial charge is 0.481 e. The third kappa shape index (κ3) is 3.37. The molecule has 0 spiro atoms. The van der Waals surface area contributed by atoms with Crippen LogP contribution in [0.3, 0.4) is 0 Å². The van der Waals surface area contributed by atoms with Crippen LogP contribution in [-0.4, -0.2) is 26.2 Å². The quantitative estimate of drug-likeness (QED) is 0.633. The first-order valence-corrected chi connectivity index (χ1v) is 5.85. The van der Waals surface area contributed by atoms with E-state index < -0.39 is 10.9 Å². The Balaban J connectivity index is 2.04. The molecule has 1 N–H and O–H groups in total. The van der Waals surface area contributed by atoms with Crippen molar-refractivity contribution in [2.45, 2.75) is 19.3 Å². The fraction of sp³-hybridized carbons (Fsp3) is 0.250. The van der Waals surface area contributed by atoms with Crippen molar-refractivity contribution in [2.75, 3.05) is 0 Å². The lowest BCUT2D eigenvalue weighted by Crippen LogP contribution is -1.95. The van der Waals surface area contributed by atoms with Gasteiger partial charge in [-0.15, -0.1) is 10.2 Å². The van der Waals surface area contributed by atoms with Crippen molar-refractivity contribution in [1.82, 2.24) is 10.2 Å². The van der Waals surface area contributed by atoms with Gasteiger partial charge in [0.15, 0.2) is 0 Å². The van der Waals surface area contributed by atoms with E-state index in [1.807, 2.05) is 0 Å². The van der Waals surface area contributed by atoms with Crippen LogP contribution in [-0.2, 0) is 11.2 Å². The Morgan fingerprint density at radius 1 is 1.30 bits per heavy atom. The molecule has 0 saturated carbocycles. The second kappa shape index (κ2) is 5.91. The molecule has 2 rings (SSSR count). The molecule has 0 aliphatic carbocycles. The summed E-state index contributed by atoms with van der Waals surface area (Å²) in [4.78, 5) is 20.4. The van der Waals surface area contributed by atoms with Gasteiger partial charge in [-0.1, -0.05) is 0 Å². The van der Waals surface area contributed by atoms with E-state index in [9.17, 15) is 14.9 Å². The maximum absolute atomic E-state index is 10.5. The number of nitro benzene ring substituents is 1. The highest BCUT2D eigenvalue weighted by Gasteiger charge is 2.11. The number of hydrogen-bond acceptors (Lipinski definition) is 6. The van der Waals surface area contributed by atoms with Crippen LogP contribution in [0.15, 0.2) is 28.7 Å². The average Bonchev–Trinajstić information content (AvgIpc) is 2.87. The Bertz CT molecular complexity index is 620. The normalized spacial score (nSPS) is 10.4. The minimum Gasteiger partial charge on any atom is -0.481 e. The van der Waals surface area contributed by atoms with Gasteiger partial charge >= 0.3 is 5.97 Å². The molecule has 1 heterocycles. The van der Waals surface area contributed by atoms with Crippen molar-refractivity contribution in [2.24, 2.45) is 0 Å². The molecule has 0 saturated heterocycles. The number of non-ortho nitro benzene ring substituents is 1. The fourth-order valence-electron chi connectivity index (χ4n) is 1.59. The highest BCUT2D eigenvalue weighted by Crippen LogP contribution is 2.21. The molecule has 0 radical (unpaired) electrons. The maximum Gasteiger partial charge on any atom is 0.303 e. The monoisotopic (exact) mass is 277 g/mol. The molecule has 0 aliphatic heterocycles. The Morgan fingerprint density at radius 3 is 2.60 bits per heavy atom. The van der Waals surface area contributed by atoms with Gasteiger partial charge in [0.1, 0.15) is 0 Å². The van der Waals surface area contributed by atoms with E-state index in [1.54, 1.807) is 0 Å². The summed E-state index contributed by atoms with van der Waals surface area (Å²) in [7, 11) is 0. The molecule has 1 aromatic carbocycles. The molecular weight excluding hydrogens is 266 g/mol. The lowest BCUT2D eigenvalue weighted by atomic mass is 10.2. The zero-order valence-corrected chi connectivity index (χ0v) is 10.4. The van der Waals surface area contributed by atoms with E-state index in [0.29, 0.717) is 24.3 Å². The number of hydrogen-bond donors (Lipinski definition) is 1. The van der Waals surface area contributed by atoms with E-state index in [-0.39, 0.29) is 18.0 Å². The predicted octanol–water partition coefficient (Wildman–Crippen LogP) is 2.05. The van der Waals surface area contributed by atoms with Crippen LogP contribution in [0, 0.1) is 10.1 Å². The van der Waals surface area contributed by atoms with Gasteiger partial charge in [0.2, 0.25) is 11.8 Å². The van der Waals surface area contributed by atoms with E-state index in [0.717, 1.165) is 0 Å². The summed E-state index contributed by atoms with van der Waals surface area (Å²) in [5, 5.41) is 26.7. The molecule has 8 heteroatoms. The van der Waals surface area contributed by atoms with E-state index in [1.165, 1.54) is 24.3 Å². The van der Waals surface area contributed by atoms with Crippen molar-refractivity contribution < 1.29 is 19.2 Å². The van der Waals surface area contributed by atoms with Crippen molar-refractivity contribution >= 4 is 11.7 Å². The molecule has 0 aliphatic rings. The summed E-state index contributed by atoms with van der Waals surface area (Å²) in [5.74, 6) is -0.273. The molecule has 0 fully saturated rings. The van der Waals surface area contributed by atoms with Crippen molar-refractivity contribution in [1.29, 1.82) is 0 Å². The van der Waals surface area contributed by atoms with Gasteiger partial charge in [-0.2, -0.15) is 0 Å².